The first-order valence-electron chi connectivity index (χ1n) is 8.87. The third kappa shape index (κ3) is 5.72. The van der Waals surface area contributed by atoms with Gasteiger partial charge < -0.3 is 20.1 Å². The Kier molecular flexibility index (Phi) is 7.90. The lowest BCUT2D eigenvalue weighted by Gasteiger charge is -2.24. The molecular formula is C18H28F2N4O2. The number of aliphatic imine (C=N–C) groups is 1. The van der Waals surface area contributed by atoms with Gasteiger partial charge in [0.2, 0.25) is 0 Å². The molecule has 2 N–H and O–H groups in total. The molecule has 0 aromatic heterocycles. The molecule has 1 aromatic rings. The van der Waals surface area contributed by atoms with Crippen molar-refractivity contribution in [3.63, 3.8) is 0 Å². The van der Waals surface area contributed by atoms with Crippen molar-refractivity contribution in [3.8, 4) is 11.5 Å². The minimum atomic E-state index is -2.89. The van der Waals surface area contributed by atoms with Gasteiger partial charge in [0.15, 0.2) is 5.96 Å². The van der Waals surface area contributed by atoms with E-state index in [1.807, 2.05) is 0 Å². The summed E-state index contributed by atoms with van der Waals surface area (Å²) in [6.45, 7) is 2.57. The lowest BCUT2D eigenvalue weighted by Crippen LogP contribution is -2.44. The molecule has 1 atom stereocenters. The van der Waals surface area contributed by atoms with E-state index in [1.54, 1.807) is 19.2 Å². The van der Waals surface area contributed by atoms with E-state index in [1.165, 1.54) is 26.0 Å². The predicted octanol–water partition coefficient (Wildman–Crippen LogP) is 2.45. The van der Waals surface area contributed by atoms with Crippen molar-refractivity contribution in [2.45, 2.75) is 39.0 Å². The van der Waals surface area contributed by atoms with E-state index in [0.29, 0.717) is 29.9 Å². The van der Waals surface area contributed by atoms with Crippen LogP contribution in [0, 0.1) is 0 Å². The summed E-state index contributed by atoms with van der Waals surface area (Å²) in [5, 5.41) is 6.46. The summed E-state index contributed by atoms with van der Waals surface area (Å²) in [5.41, 5.74) is 0.602. The summed E-state index contributed by atoms with van der Waals surface area (Å²) in [6.07, 6.45) is 2.38. The van der Waals surface area contributed by atoms with Crippen LogP contribution in [0.5, 0.6) is 11.5 Å². The molecule has 0 amide bonds. The molecule has 1 fully saturated rings. The molecule has 1 saturated heterocycles. The predicted molar refractivity (Wildman–Crippen MR) is 98.1 cm³/mol. The maximum atomic E-state index is 12.6. The molecule has 2 rings (SSSR count). The molecule has 0 saturated carbocycles. The lowest BCUT2D eigenvalue weighted by atomic mass is 10.2. The van der Waals surface area contributed by atoms with Crippen molar-refractivity contribution in [2.75, 3.05) is 33.8 Å². The van der Waals surface area contributed by atoms with Crippen molar-refractivity contribution in [1.82, 2.24) is 15.5 Å². The molecule has 1 heterocycles. The number of likely N-dealkylation sites (N-methyl/N-ethyl adjacent to an activating group) is 1. The van der Waals surface area contributed by atoms with Crippen molar-refractivity contribution >= 4 is 5.96 Å². The SMILES string of the molecule is CCN1CCCC1CNC(=NC)NCc1ccc(OC)cc1OC(F)F. The second-order valence-electron chi connectivity index (χ2n) is 6.08. The number of likely N-dealkylation sites (tertiary alicyclic amines) is 1. The van der Waals surface area contributed by atoms with E-state index in [-0.39, 0.29) is 5.75 Å². The highest BCUT2D eigenvalue weighted by Crippen LogP contribution is 2.26. The van der Waals surface area contributed by atoms with Crippen LogP contribution in [0.15, 0.2) is 23.2 Å². The summed E-state index contributed by atoms with van der Waals surface area (Å²) in [4.78, 5) is 6.64. The van der Waals surface area contributed by atoms with Crippen molar-refractivity contribution in [1.29, 1.82) is 0 Å². The van der Waals surface area contributed by atoms with E-state index >= 15 is 0 Å². The summed E-state index contributed by atoms with van der Waals surface area (Å²) >= 11 is 0. The summed E-state index contributed by atoms with van der Waals surface area (Å²) in [5.74, 6) is 1.19. The third-order valence-corrected chi connectivity index (χ3v) is 4.57. The number of benzene rings is 1. The average Bonchev–Trinajstić information content (AvgIpc) is 3.09. The summed E-state index contributed by atoms with van der Waals surface area (Å²) < 4.78 is 35.0. The van der Waals surface area contributed by atoms with Crippen molar-refractivity contribution in [3.05, 3.63) is 23.8 Å². The van der Waals surface area contributed by atoms with Crippen LogP contribution in [0.3, 0.4) is 0 Å². The Morgan fingerprint density at radius 3 is 2.85 bits per heavy atom. The molecule has 0 bridgehead atoms. The van der Waals surface area contributed by atoms with Gasteiger partial charge in [-0.25, -0.2) is 0 Å². The Hall–Kier alpha value is -2.09. The zero-order chi connectivity index (χ0) is 18.9. The van der Waals surface area contributed by atoms with Gasteiger partial charge in [-0.3, -0.25) is 9.89 Å². The van der Waals surface area contributed by atoms with Crippen LogP contribution in [-0.4, -0.2) is 57.3 Å². The van der Waals surface area contributed by atoms with Crippen molar-refractivity contribution in [2.24, 2.45) is 4.99 Å². The van der Waals surface area contributed by atoms with Crippen LogP contribution in [0.25, 0.3) is 0 Å². The van der Waals surface area contributed by atoms with E-state index in [0.717, 1.165) is 19.6 Å². The summed E-state index contributed by atoms with van der Waals surface area (Å²) in [6, 6.07) is 5.37. The Balaban J connectivity index is 1.93. The topological polar surface area (TPSA) is 58.1 Å². The molecule has 8 heteroatoms. The van der Waals surface area contributed by atoms with Gasteiger partial charge in [0.25, 0.3) is 0 Å². The highest BCUT2D eigenvalue weighted by molar-refractivity contribution is 5.79. The molecule has 1 aliphatic rings. The number of alkyl halides is 2. The second-order valence-corrected chi connectivity index (χ2v) is 6.08. The van der Waals surface area contributed by atoms with Gasteiger partial charge in [0, 0.05) is 37.8 Å². The van der Waals surface area contributed by atoms with Crippen molar-refractivity contribution < 1.29 is 18.3 Å². The quantitative estimate of drug-likeness (QED) is 0.544. The Bertz CT molecular complexity index is 599. The molecule has 0 radical (unpaired) electrons. The third-order valence-electron chi connectivity index (χ3n) is 4.57. The lowest BCUT2D eigenvalue weighted by molar-refractivity contribution is -0.0505. The Morgan fingerprint density at radius 1 is 1.38 bits per heavy atom. The maximum absolute atomic E-state index is 12.6. The first-order chi connectivity index (χ1) is 12.6. The minimum Gasteiger partial charge on any atom is -0.497 e. The van der Waals surface area contributed by atoms with Crippen LogP contribution in [0.4, 0.5) is 8.78 Å². The number of hydrogen-bond donors (Lipinski definition) is 2. The van der Waals surface area contributed by atoms with Gasteiger partial charge in [-0.15, -0.1) is 0 Å². The minimum absolute atomic E-state index is 0.0928. The number of nitrogens with zero attached hydrogens (tertiary/aromatic N) is 2. The normalized spacial score (nSPS) is 18.2. The van der Waals surface area contributed by atoms with Gasteiger partial charge in [-0.1, -0.05) is 6.92 Å². The molecule has 1 aromatic carbocycles. The average molecular weight is 370 g/mol. The maximum Gasteiger partial charge on any atom is 0.387 e. The van der Waals surface area contributed by atoms with E-state index in [2.05, 4.69) is 32.2 Å². The highest BCUT2D eigenvalue weighted by Gasteiger charge is 2.22. The molecular weight excluding hydrogens is 342 g/mol. The smallest absolute Gasteiger partial charge is 0.387 e. The number of nitrogens with one attached hydrogen (secondary N) is 2. The second kappa shape index (κ2) is 10.2. The number of rotatable bonds is 8. The summed E-state index contributed by atoms with van der Waals surface area (Å²) in [7, 11) is 3.17. The first-order valence-corrected chi connectivity index (χ1v) is 8.87. The zero-order valence-corrected chi connectivity index (χ0v) is 15.6. The van der Waals surface area contributed by atoms with Crippen LogP contribution in [-0.2, 0) is 6.54 Å². The fourth-order valence-electron chi connectivity index (χ4n) is 3.17. The fraction of sp³-hybridized carbons (Fsp3) is 0.611. The monoisotopic (exact) mass is 370 g/mol. The van der Waals surface area contributed by atoms with Gasteiger partial charge in [-0.2, -0.15) is 8.78 Å². The molecule has 26 heavy (non-hydrogen) atoms. The largest absolute Gasteiger partial charge is 0.497 e. The van der Waals surface area contributed by atoms with Crippen LogP contribution in [0.2, 0.25) is 0 Å². The number of halogens is 2. The van der Waals surface area contributed by atoms with Crippen LogP contribution >= 0.6 is 0 Å². The number of ether oxygens (including phenoxy) is 2. The molecule has 0 spiro atoms. The van der Waals surface area contributed by atoms with Gasteiger partial charge in [-0.05, 0) is 38.1 Å². The standard InChI is InChI=1S/C18H28F2N4O2/c1-4-24-9-5-6-14(24)12-23-18(21-2)22-11-13-7-8-15(25-3)10-16(13)26-17(19)20/h7-8,10,14,17H,4-6,9,11-12H2,1-3H3,(H2,21,22,23). The Labute approximate surface area is 153 Å². The fourth-order valence-corrected chi connectivity index (χ4v) is 3.17. The number of methoxy groups -OCH3 is 1. The first kappa shape index (κ1) is 20.2. The van der Waals surface area contributed by atoms with Gasteiger partial charge in [0.05, 0.1) is 7.11 Å². The van der Waals surface area contributed by atoms with Gasteiger partial charge in [0.1, 0.15) is 11.5 Å². The molecule has 1 unspecified atom stereocenters. The highest BCUT2D eigenvalue weighted by atomic mass is 19.3. The molecule has 146 valence electrons. The molecule has 1 aliphatic heterocycles. The Morgan fingerprint density at radius 2 is 2.19 bits per heavy atom. The van der Waals surface area contributed by atoms with Crippen LogP contribution < -0.4 is 20.1 Å². The zero-order valence-electron chi connectivity index (χ0n) is 15.6. The number of guanidine groups is 1. The molecule has 6 nitrogen and oxygen atoms in total. The molecule has 0 aliphatic carbocycles. The van der Waals surface area contributed by atoms with Gasteiger partial charge >= 0.3 is 6.61 Å². The van der Waals surface area contributed by atoms with E-state index in [4.69, 9.17) is 4.74 Å². The van der Waals surface area contributed by atoms with E-state index < -0.39 is 6.61 Å². The van der Waals surface area contributed by atoms with Crippen LogP contribution in [0.1, 0.15) is 25.3 Å². The van der Waals surface area contributed by atoms with E-state index in [9.17, 15) is 8.78 Å². The number of hydrogen-bond acceptors (Lipinski definition) is 4.